The van der Waals surface area contributed by atoms with Gasteiger partial charge in [0, 0.05) is 30.2 Å². The molecule has 1 fully saturated rings. The Bertz CT molecular complexity index is 1050. The van der Waals surface area contributed by atoms with Crippen LogP contribution < -0.4 is 10.5 Å². The zero-order valence-electron chi connectivity index (χ0n) is 15.7. The summed E-state index contributed by atoms with van der Waals surface area (Å²) in [6, 6.07) is 4.68. The van der Waals surface area contributed by atoms with Crippen LogP contribution in [0.5, 0.6) is 5.75 Å². The molecule has 10 heteroatoms. The lowest BCUT2D eigenvalue weighted by molar-refractivity contribution is 0.0176. The SMILES string of the molecule is COc1cc(Cl)cnc1C(=O)Cc1ccc(F)c([C@@]2(C(F)F)N=C(N)O[C@@H]3C[C@@H]32)c1. The minimum Gasteiger partial charge on any atom is -0.494 e. The van der Waals surface area contributed by atoms with Crippen molar-refractivity contribution >= 4 is 23.4 Å². The van der Waals surface area contributed by atoms with E-state index < -0.39 is 41.6 Å². The van der Waals surface area contributed by atoms with E-state index in [2.05, 4.69) is 9.98 Å². The number of hydrogen-bond acceptors (Lipinski definition) is 6. The molecule has 1 saturated carbocycles. The molecule has 0 amide bonds. The summed E-state index contributed by atoms with van der Waals surface area (Å²) in [6.07, 6.45) is -2.15. The molecule has 4 rings (SSSR count). The van der Waals surface area contributed by atoms with Crippen LogP contribution in [-0.2, 0) is 16.7 Å². The number of ether oxygens (including phenoxy) is 2. The molecule has 1 aliphatic heterocycles. The number of amidine groups is 1. The molecule has 1 aromatic carbocycles. The molecule has 0 spiro atoms. The van der Waals surface area contributed by atoms with Crippen molar-refractivity contribution in [1.82, 2.24) is 4.98 Å². The summed E-state index contributed by atoms with van der Waals surface area (Å²) in [5, 5.41) is 0.292. The minimum atomic E-state index is -3.01. The second-order valence-electron chi connectivity index (χ2n) is 7.19. The number of nitrogens with two attached hydrogens (primary N) is 1. The lowest BCUT2D eigenvalue weighted by Crippen LogP contribution is -2.43. The molecule has 0 bridgehead atoms. The molecule has 2 heterocycles. The van der Waals surface area contributed by atoms with Gasteiger partial charge in [0.1, 0.15) is 23.4 Å². The number of benzene rings is 1. The normalized spacial score (nSPS) is 24.7. The van der Waals surface area contributed by atoms with Gasteiger partial charge < -0.3 is 15.2 Å². The number of carbonyl (C=O) groups excluding carboxylic acids is 1. The lowest BCUT2D eigenvalue weighted by Gasteiger charge is -2.33. The number of halogens is 4. The number of rotatable bonds is 6. The maximum absolute atomic E-state index is 14.7. The molecule has 1 aliphatic carbocycles. The number of aliphatic imine (C=N–C) groups is 1. The summed E-state index contributed by atoms with van der Waals surface area (Å²) in [4.78, 5) is 20.5. The molecule has 0 radical (unpaired) electrons. The number of methoxy groups -OCH3 is 1. The van der Waals surface area contributed by atoms with Crippen LogP contribution in [0.2, 0.25) is 5.02 Å². The van der Waals surface area contributed by atoms with E-state index in [-0.39, 0.29) is 23.4 Å². The number of carbonyl (C=O) groups is 1. The molecule has 2 N–H and O–H groups in total. The topological polar surface area (TPSA) is 86.8 Å². The quantitative estimate of drug-likeness (QED) is 0.696. The van der Waals surface area contributed by atoms with Crippen LogP contribution in [0.4, 0.5) is 13.2 Å². The fourth-order valence-electron chi connectivity index (χ4n) is 3.84. The van der Waals surface area contributed by atoms with Gasteiger partial charge in [0.25, 0.3) is 12.4 Å². The number of Topliss-reactive ketones (excluding diaryl/α,β-unsaturated/α-hetero) is 1. The van der Waals surface area contributed by atoms with Gasteiger partial charge in [-0.2, -0.15) is 0 Å². The molecular formula is C20H17ClF3N3O3. The summed E-state index contributed by atoms with van der Waals surface area (Å²) in [7, 11) is 1.37. The Hall–Kier alpha value is -2.81. The van der Waals surface area contributed by atoms with E-state index in [0.29, 0.717) is 17.0 Å². The first kappa shape index (κ1) is 20.5. The first-order chi connectivity index (χ1) is 14.3. The molecule has 158 valence electrons. The van der Waals surface area contributed by atoms with Gasteiger partial charge in [-0.15, -0.1) is 0 Å². The highest BCUT2D eigenvalue weighted by Crippen LogP contribution is 2.56. The van der Waals surface area contributed by atoms with E-state index >= 15 is 0 Å². The first-order valence-corrected chi connectivity index (χ1v) is 9.45. The number of pyridine rings is 1. The Labute approximate surface area is 174 Å². The fourth-order valence-corrected chi connectivity index (χ4v) is 3.99. The zero-order valence-corrected chi connectivity index (χ0v) is 16.5. The second-order valence-corrected chi connectivity index (χ2v) is 7.63. The summed E-state index contributed by atoms with van der Waals surface area (Å²) >= 11 is 5.86. The highest BCUT2D eigenvalue weighted by atomic mass is 35.5. The molecule has 3 atom stereocenters. The number of aromatic nitrogens is 1. The van der Waals surface area contributed by atoms with Gasteiger partial charge in [-0.05, 0) is 24.1 Å². The Morgan fingerprint density at radius 2 is 2.20 bits per heavy atom. The standard InChI is InChI=1S/C20H17ClF3N3O3/c1-29-16-6-10(21)8-26-17(16)14(28)5-9-2-3-13(22)11(4-9)20(18(23)24)12-7-15(12)30-19(25)27-20/h2-4,6,8,12,15,18H,5,7H2,1H3,(H2,25,27)/t12-,15+,20+/m0/s1. The van der Waals surface area contributed by atoms with Crippen molar-refractivity contribution in [2.24, 2.45) is 16.6 Å². The number of fused-ring (bicyclic) bond motifs is 1. The third kappa shape index (κ3) is 3.36. The highest BCUT2D eigenvalue weighted by Gasteiger charge is 2.64. The van der Waals surface area contributed by atoms with Gasteiger partial charge in [-0.25, -0.2) is 23.1 Å². The van der Waals surface area contributed by atoms with Gasteiger partial charge in [-0.1, -0.05) is 17.7 Å². The summed E-state index contributed by atoms with van der Waals surface area (Å²) in [6.45, 7) is 0. The van der Waals surface area contributed by atoms with Crippen LogP contribution in [0, 0.1) is 11.7 Å². The molecule has 2 aliphatic rings. The molecule has 2 aromatic rings. The number of nitrogens with zero attached hydrogens (tertiary/aromatic N) is 2. The third-order valence-electron chi connectivity index (χ3n) is 5.33. The van der Waals surface area contributed by atoms with E-state index in [9.17, 15) is 18.0 Å². The average molecular weight is 440 g/mol. The van der Waals surface area contributed by atoms with Gasteiger partial charge >= 0.3 is 0 Å². The molecule has 30 heavy (non-hydrogen) atoms. The predicted molar refractivity (Wildman–Crippen MR) is 103 cm³/mol. The van der Waals surface area contributed by atoms with Gasteiger partial charge in [0.2, 0.25) is 0 Å². The number of alkyl halides is 2. The lowest BCUT2D eigenvalue weighted by atomic mass is 9.83. The number of hydrogen-bond donors (Lipinski definition) is 1. The third-order valence-corrected chi connectivity index (χ3v) is 5.53. The Kier molecular flexibility index (Phi) is 5.09. The van der Waals surface area contributed by atoms with Crippen molar-refractivity contribution in [3.05, 3.63) is 58.1 Å². The summed E-state index contributed by atoms with van der Waals surface area (Å²) in [5.41, 5.74) is 3.48. The van der Waals surface area contributed by atoms with Crippen molar-refractivity contribution in [3.63, 3.8) is 0 Å². The van der Waals surface area contributed by atoms with E-state index in [4.69, 9.17) is 26.8 Å². The summed E-state index contributed by atoms with van der Waals surface area (Å²) < 4.78 is 53.4. The maximum Gasteiger partial charge on any atom is 0.283 e. The van der Waals surface area contributed by atoms with Crippen molar-refractivity contribution < 1.29 is 27.4 Å². The Morgan fingerprint density at radius 3 is 2.90 bits per heavy atom. The van der Waals surface area contributed by atoms with Crippen molar-refractivity contribution in [2.75, 3.05) is 7.11 Å². The van der Waals surface area contributed by atoms with Crippen molar-refractivity contribution in [3.8, 4) is 5.75 Å². The van der Waals surface area contributed by atoms with Crippen LogP contribution >= 0.6 is 11.6 Å². The highest BCUT2D eigenvalue weighted by molar-refractivity contribution is 6.30. The Balaban J connectivity index is 1.71. The number of ketones is 1. The van der Waals surface area contributed by atoms with E-state index in [0.717, 1.165) is 6.07 Å². The van der Waals surface area contributed by atoms with E-state index in [1.807, 2.05) is 0 Å². The second kappa shape index (κ2) is 7.46. The fraction of sp³-hybridized carbons (Fsp3) is 0.350. The van der Waals surface area contributed by atoms with E-state index in [1.54, 1.807) is 0 Å². The predicted octanol–water partition coefficient (Wildman–Crippen LogP) is 3.50. The van der Waals surface area contributed by atoms with Crippen LogP contribution in [0.1, 0.15) is 28.0 Å². The smallest absolute Gasteiger partial charge is 0.283 e. The molecule has 0 saturated heterocycles. The first-order valence-electron chi connectivity index (χ1n) is 9.08. The van der Waals surface area contributed by atoms with Gasteiger partial charge in [0.05, 0.1) is 12.1 Å². The zero-order chi connectivity index (χ0) is 21.6. The largest absolute Gasteiger partial charge is 0.494 e. The molecule has 1 aromatic heterocycles. The van der Waals surface area contributed by atoms with Crippen molar-refractivity contribution in [2.45, 2.75) is 30.9 Å². The Morgan fingerprint density at radius 1 is 1.43 bits per heavy atom. The monoisotopic (exact) mass is 439 g/mol. The molecule has 6 nitrogen and oxygen atoms in total. The molecular weight excluding hydrogens is 423 g/mol. The minimum absolute atomic E-state index is 0.0342. The van der Waals surface area contributed by atoms with E-state index in [1.165, 1.54) is 31.5 Å². The van der Waals surface area contributed by atoms with Crippen LogP contribution in [0.25, 0.3) is 0 Å². The van der Waals surface area contributed by atoms with Crippen LogP contribution in [-0.4, -0.2) is 36.4 Å². The van der Waals surface area contributed by atoms with Crippen LogP contribution in [0.3, 0.4) is 0 Å². The summed E-state index contributed by atoms with van der Waals surface area (Å²) in [5.74, 6) is -1.80. The average Bonchev–Trinajstić information content (AvgIpc) is 3.48. The molecule has 0 unspecified atom stereocenters. The maximum atomic E-state index is 14.7. The van der Waals surface area contributed by atoms with Gasteiger partial charge in [-0.3, -0.25) is 4.79 Å². The van der Waals surface area contributed by atoms with Crippen LogP contribution in [0.15, 0.2) is 35.5 Å². The van der Waals surface area contributed by atoms with Crippen molar-refractivity contribution in [1.29, 1.82) is 0 Å². The van der Waals surface area contributed by atoms with Gasteiger partial charge in [0.15, 0.2) is 11.3 Å².